The summed E-state index contributed by atoms with van der Waals surface area (Å²) in [5.74, 6) is 0. The zero-order valence-electron chi connectivity index (χ0n) is 6.26. The van der Waals surface area contributed by atoms with Crippen molar-refractivity contribution in [2.45, 2.75) is 31.0 Å². The summed E-state index contributed by atoms with van der Waals surface area (Å²) in [6.07, 6.45) is -4.66. The van der Waals surface area contributed by atoms with Crippen LogP contribution in [0.5, 0.6) is 0 Å². The minimum Gasteiger partial charge on any atom is -0.394 e. The van der Waals surface area contributed by atoms with Crippen LogP contribution in [0, 0.1) is 0 Å². The Labute approximate surface area is 68.2 Å². The van der Waals surface area contributed by atoms with Gasteiger partial charge in [0.15, 0.2) is 6.29 Å². The van der Waals surface area contributed by atoms with Crippen LogP contribution in [0.1, 0.15) is 6.42 Å². The average molecular weight is 182 g/mol. The van der Waals surface area contributed by atoms with Gasteiger partial charge < -0.3 is 20.1 Å². The number of aliphatic hydroxyl groups is 3. The van der Waals surface area contributed by atoms with Gasteiger partial charge in [0.25, 0.3) is 0 Å². The molecule has 0 bridgehead atoms. The minimum absolute atomic E-state index is 0.145. The van der Waals surface area contributed by atoms with Crippen LogP contribution >= 0.6 is 0 Å². The molecule has 1 saturated heterocycles. The van der Waals surface area contributed by atoms with E-state index in [1.807, 2.05) is 0 Å². The third kappa shape index (κ3) is 1.90. The smallest absolute Gasteiger partial charge is 0.199 e. The maximum Gasteiger partial charge on any atom is 0.199 e. The maximum absolute atomic E-state index is 11.6. The van der Waals surface area contributed by atoms with Crippen molar-refractivity contribution in [1.29, 1.82) is 0 Å². The van der Waals surface area contributed by atoms with Gasteiger partial charge in [0.1, 0.15) is 12.2 Å². The number of halogens is 1. The van der Waals surface area contributed by atoms with Gasteiger partial charge in [-0.1, -0.05) is 0 Å². The van der Waals surface area contributed by atoms with Gasteiger partial charge in [-0.25, -0.2) is 0 Å². The molecule has 0 spiro atoms. The summed E-state index contributed by atoms with van der Waals surface area (Å²) >= 11 is 0. The van der Waals surface area contributed by atoms with Crippen LogP contribution in [-0.4, -0.2) is 46.5 Å². The Bertz CT molecular complexity index is 144. The highest BCUT2D eigenvalue weighted by molar-refractivity contribution is 4.81. The van der Waals surface area contributed by atoms with Gasteiger partial charge in [-0.05, 0) is 4.53 Å². The van der Waals surface area contributed by atoms with Crippen LogP contribution in [0.25, 0.3) is 0 Å². The Balaban J connectivity index is 2.52. The molecular formula is C6H11FO5. The summed E-state index contributed by atoms with van der Waals surface area (Å²) in [6.45, 7) is -0.488. The second-order valence-electron chi connectivity index (χ2n) is 2.67. The molecule has 3 N–H and O–H groups in total. The van der Waals surface area contributed by atoms with Gasteiger partial charge in [0.2, 0.25) is 0 Å². The molecule has 0 aliphatic carbocycles. The highest BCUT2D eigenvalue weighted by atomic mass is 19.3. The third-order valence-electron chi connectivity index (χ3n) is 1.81. The van der Waals surface area contributed by atoms with Crippen molar-refractivity contribution in [3.05, 3.63) is 0 Å². The molecule has 0 aromatic carbocycles. The molecule has 1 aliphatic rings. The average Bonchev–Trinajstić information content (AvgIpc) is 2.09. The molecule has 0 amide bonds. The Morgan fingerprint density at radius 3 is 2.67 bits per heavy atom. The van der Waals surface area contributed by atoms with Crippen molar-refractivity contribution >= 4 is 0 Å². The van der Waals surface area contributed by atoms with E-state index in [4.69, 9.17) is 20.1 Å². The highest BCUT2D eigenvalue weighted by Crippen LogP contribution is 2.20. The van der Waals surface area contributed by atoms with Gasteiger partial charge in [-0.3, -0.25) is 0 Å². The molecule has 1 aliphatic heterocycles. The molecule has 2 unspecified atom stereocenters. The minimum atomic E-state index is -1.21. The number of hydrogen-bond donors (Lipinski definition) is 3. The quantitative estimate of drug-likeness (QED) is 0.495. The Kier molecular flexibility index (Phi) is 3.36. The van der Waals surface area contributed by atoms with Crippen molar-refractivity contribution in [1.82, 2.24) is 0 Å². The van der Waals surface area contributed by atoms with Crippen LogP contribution in [0.15, 0.2) is 0 Å². The van der Waals surface area contributed by atoms with Gasteiger partial charge in [-0.15, -0.1) is 0 Å². The van der Waals surface area contributed by atoms with Gasteiger partial charge in [0.05, 0.1) is 12.7 Å². The van der Waals surface area contributed by atoms with Crippen molar-refractivity contribution in [2.75, 3.05) is 6.61 Å². The first-order chi connectivity index (χ1) is 5.69. The maximum atomic E-state index is 11.6. The van der Waals surface area contributed by atoms with Crippen LogP contribution < -0.4 is 0 Å². The van der Waals surface area contributed by atoms with E-state index in [1.165, 1.54) is 0 Å². The van der Waals surface area contributed by atoms with Crippen LogP contribution in [-0.2, 0) is 9.68 Å². The zero-order chi connectivity index (χ0) is 9.14. The summed E-state index contributed by atoms with van der Waals surface area (Å²) in [4.78, 5) is 3.34. The molecule has 5 nitrogen and oxygen atoms in total. The summed E-state index contributed by atoms with van der Waals surface area (Å²) in [5, 5.41) is 26.8. The molecule has 12 heavy (non-hydrogen) atoms. The van der Waals surface area contributed by atoms with E-state index in [1.54, 1.807) is 0 Å². The third-order valence-corrected chi connectivity index (χ3v) is 1.81. The standard InChI is InChI=1S/C6H11FO5/c7-12-5-1-3(9)6(10)4(2-8)11-5/h3-6,8-10H,1-2H2/t3?,4?,5-,6+/m1/s1. The highest BCUT2D eigenvalue weighted by Gasteiger charge is 2.37. The van der Waals surface area contributed by atoms with Crippen molar-refractivity contribution in [3.63, 3.8) is 0 Å². The second-order valence-corrected chi connectivity index (χ2v) is 2.67. The van der Waals surface area contributed by atoms with Gasteiger partial charge >= 0.3 is 0 Å². The van der Waals surface area contributed by atoms with E-state index in [0.717, 1.165) is 0 Å². The number of ether oxygens (including phenoxy) is 1. The summed E-state index contributed by atoms with van der Waals surface area (Å²) < 4.78 is 16.3. The fourth-order valence-electron chi connectivity index (χ4n) is 1.12. The summed E-state index contributed by atoms with van der Waals surface area (Å²) in [7, 11) is 0. The lowest BCUT2D eigenvalue weighted by Crippen LogP contribution is -2.50. The SMILES string of the molecule is OCC1O[C@H](OF)CC(O)[C@@H]1O. The van der Waals surface area contributed by atoms with Crippen LogP contribution in [0.3, 0.4) is 0 Å². The molecule has 0 saturated carbocycles. The molecule has 0 radical (unpaired) electrons. The lowest BCUT2D eigenvalue weighted by atomic mass is 10.0. The van der Waals surface area contributed by atoms with E-state index >= 15 is 0 Å². The van der Waals surface area contributed by atoms with E-state index in [-0.39, 0.29) is 6.42 Å². The van der Waals surface area contributed by atoms with Crippen molar-refractivity contribution in [2.24, 2.45) is 0 Å². The van der Waals surface area contributed by atoms with Crippen LogP contribution in [0.2, 0.25) is 0 Å². The Hall–Kier alpha value is -0.270. The molecule has 0 aromatic heterocycles. The Morgan fingerprint density at radius 1 is 1.50 bits per heavy atom. The number of rotatable bonds is 2. The zero-order valence-corrected chi connectivity index (χ0v) is 6.26. The first-order valence-electron chi connectivity index (χ1n) is 3.59. The predicted molar refractivity (Wildman–Crippen MR) is 34.6 cm³/mol. The second kappa shape index (κ2) is 4.11. The molecule has 0 aromatic rings. The number of hydrogen-bond acceptors (Lipinski definition) is 5. The van der Waals surface area contributed by atoms with E-state index < -0.39 is 31.2 Å². The van der Waals surface area contributed by atoms with Crippen molar-refractivity contribution < 1.29 is 29.5 Å². The summed E-state index contributed by atoms with van der Waals surface area (Å²) in [5.41, 5.74) is 0. The molecular weight excluding hydrogens is 171 g/mol. The monoisotopic (exact) mass is 182 g/mol. The van der Waals surface area contributed by atoms with E-state index in [9.17, 15) is 4.53 Å². The Morgan fingerprint density at radius 2 is 2.17 bits per heavy atom. The molecule has 1 heterocycles. The fourth-order valence-corrected chi connectivity index (χ4v) is 1.12. The molecule has 1 rings (SSSR count). The molecule has 6 heteroatoms. The van der Waals surface area contributed by atoms with E-state index in [0.29, 0.717) is 0 Å². The summed E-state index contributed by atoms with van der Waals surface area (Å²) in [6, 6.07) is 0. The van der Waals surface area contributed by atoms with Gasteiger partial charge in [0, 0.05) is 6.42 Å². The molecule has 72 valence electrons. The van der Waals surface area contributed by atoms with E-state index in [2.05, 4.69) is 4.94 Å². The predicted octanol–water partition coefficient (Wildman–Crippen LogP) is -1.28. The fraction of sp³-hybridized carbons (Fsp3) is 1.00. The lowest BCUT2D eigenvalue weighted by molar-refractivity contribution is -0.329. The lowest BCUT2D eigenvalue weighted by Gasteiger charge is -2.33. The van der Waals surface area contributed by atoms with Crippen molar-refractivity contribution in [3.8, 4) is 0 Å². The topological polar surface area (TPSA) is 79.2 Å². The first-order valence-corrected chi connectivity index (χ1v) is 3.59. The normalized spacial score (nSPS) is 43.0. The van der Waals surface area contributed by atoms with Crippen LogP contribution in [0.4, 0.5) is 4.53 Å². The number of aliphatic hydroxyl groups excluding tert-OH is 3. The molecule has 4 atom stereocenters. The molecule has 1 fully saturated rings. The van der Waals surface area contributed by atoms with Gasteiger partial charge in [-0.2, -0.15) is 4.94 Å². The largest absolute Gasteiger partial charge is 0.394 e. The first kappa shape index (κ1) is 9.82.